The van der Waals surface area contributed by atoms with Crippen molar-refractivity contribution in [1.82, 2.24) is 0 Å². The second kappa shape index (κ2) is 17.0. The lowest BCUT2D eigenvalue weighted by Gasteiger charge is -2.32. The number of methoxy groups -OCH3 is 4. The van der Waals surface area contributed by atoms with Gasteiger partial charge in [0, 0.05) is 38.2 Å². The molecule has 0 saturated heterocycles. The molecule has 0 saturated carbocycles. The van der Waals surface area contributed by atoms with Gasteiger partial charge in [-0.25, -0.2) is 0 Å². The van der Waals surface area contributed by atoms with Gasteiger partial charge in [0.15, 0.2) is 16.8 Å². The second-order valence-electron chi connectivity index (χ2n) is 10.5. The van der Waals surface area contributed by atoms with Gasteiger partial charge in [-0.15, -0.1) is 0 Å². The van der Waals surface area contributed by atoms with E-state index in [2.05, 4.69) is 45.9 Å². The summed E-state index contributed by atoms with van der Waals surface area (Å²) in [5.41, 5.74) is 2.00. The van der Waals surface area contributed by atoms with E-state index < -0.39 is 0 Å². The van der Waals surface area contributed by atoms with Crippen molar-refractivity contribution in [1.29, 1.82) is 0 Å². The minimum absolute atomic E-state index is 0.0635. The highest BCUT2D eigenvalue weighted by molar-refractivity contribution is 5.91. The number of rotatable bonds is 17. The molecule has 1 heterocycles. The number of fused-ring (bicyclic) bond motifs is 1. The van der Waals surface area contributed by atoms with Gasteiger partial charge >= 0.3 is 0 Å². The highest BCUT2D eigenvalue weighted by Gasteiger charge is 2.29. The normalized spacial score (nSPS) is 15.4. The maximum absolute atomic E-state index is 13.6. The van der Waals surface area contributed by atoms with E-state index in [9.17, 15) is 4.79 Å². The molecule has 4 unspecified atom stereocenters. The minimum atomic E-state index is -0.129. The Morgan fingerprint density at radius 1 is 1.05 bits per heavy atom. The number of aryl methyl sites for hydroxylation is 1. The van der Waals surface area contributed by atoms with Crippen molar-refractivity contribution in [2.24, 2.45) is 11.8 Å². The van der Waals surface area contributed by atoms with Gasteiger partial charge in [-0.2, -0.15) is 0 Å². The molecule has 7 nitrogen and oxygen atoms in total. The van der Waals surface area contributed by atoms with E-state index in [-0.39, 0.29) is 29.5 Å². The quantitative estimate of drug-likeness (QED) is 0.143. The Morgan fingerprint density at radius 3 is 2.34 bits per heavy atom. The van der Waals surface area contributed by atoms with Gasteiger partial charge in [-0.3, -0.25) is 4.79 Å². The summed E-state index contributed by atoms with van der Waals surface area (Å²) in [6.45, 7) is 12.8. The molecule has 1 aromatic heterocycles. The van der Waals surface area contributed by atoms with E-state index in [0.29, 0.717) is 52.6 Å². The van der Waals surface area contributed by atoms with E-state index in [0.717, 1.165) is 19.3 Å². The van der Waals surface area contributed by atoms with Crippen LogP contribution in [-0.4, -0.2) is 47.3 Å². The van der Waals surface area contributed by atoms with Crippen molar-refractivity contribution in [3.63, 3.8) is 0 Å². The van der Waals surface area contributed by atoms with Crippen LogP contribution < -0.4 is 19.6 Å². The molecular formula is C34H50O7. The topological polar surface area (TPSA) is 76.4 Å². The first-order chi connectivity index (χ1) is 19.7. The first-order valence-electron chi connectivity index (χ1n) is 14.6. The highest BCUT2D eigenvalue weighted by Crippen LogP contribution is 2.41. The van der Waals surface area contributed by atoms with Crippen LogP contribution in [-0.2, 0) is 15.9 Å². The third kappa shape index (κ3) is 8.73. The minimum Gasteiger partial charge on any atom is -0.496 e. The fourth-order valence-electron chi connectivity index (χ4n) is 5.05. The number of ether oxygens (including phenoxy) is 5. The van der Waals surface area contributed by atoms with Gasteiger partial charge in [0.1, 0.15) is 16.9 Å². The molecule has 7 heteroatoms. The molecule has 0 spiro atoms. The fraction of sp³-hybridized carbons (Fsp3) is 0.559. The molecule has 1 aromatic carbocycles. The van der Waals surface area contributed by atoms with Gasteiger partial charge in [-0.1, -0.05) is 63.1 Å². The van der Waals surface area contributed by atoms with Gasteiger partial charge < -0.3 is 28.1 Å². The molecule has 0 aliphatic heterocycles. The molecule has 0 bridgehead atoms. The molecule has 0 N–H and O–H groups in total. The summed E-state index contributed by atoms with van der Waals surface area (Å²) < 4.78 is 35.4. The van der Waals surface area contributed by atoms with E-state index in [1.807, 2.05) is 19.1 Å². The van der Waals surface area contributed by atoms with Crippen LogP contribution in [0, 0.1) is 18.8 Å². The van der Waals surface area contributed by atoms with E-state index in [1.54, 1.807) is 34.3 Å². The number of unbranched alkanes of at least 4 members (excludes halogenated alkanes) is 1. The van der Waals surface area contributed by atoms with Crippen molar-refractivity contribution in [2.75, 3.05) is 35.0 Å². The zero-order valence-corrected chi connectivity index (χ0v) is 26.7. The summed E-state index contributed by atoms with van der Waals surface area (Å²) in [7, 11) is 6.56. The van der Waals surface area contributed by atoms with Crippen LogP contribution in [0.15, 0.2) is 51.2 Å². The molecule has 0 amide bonds. The number of benzene rings is 1. The molecule has 228 valence electrons. The lowest BCUT2D eigenvalue weighted by Crippen LogP contribution is -2.36. The van der Waals surface area contributed by atoms with Crippen LogP contribution in [0.1, 0.15) is 65.2 Å². The largest absolute Gasteiger partial charge is 0.496 e. The van der Waals surface area contributed by atoms with Gasteiger partial charge in [0.25, 0.3) is 0 Å². The van der Waals surface area contributed by atoms with Crippen LogP contribution in [0.3, 0.4) is 0 Å². The zero-order chi connectivity index (χ0) is 30.5. The smallest absolute Gasteiger partial charge is 0.205 e. The number of allylic oxidation sites excluding steroid dienone is 5. The third-order valence-corrected chi connectivity index (χ3v) is 7.76. The van der Waals surface area contributed by atoms with E-state index in [1.165, 1.54) is 12.7 Å². The predicted molar refractivity (Wildman–Crippen MR) is 167 cm³/mol. The van der Waals surface area contributed by atoms with Gasteiger partial charge in [-0.05, 0) is 39.5 Å². The molecule has 0 fully saturated rings. The second-order valence-corrected chi connectivity index (χ2v) is 10.5. The Balaban J connectivity index is 2.36. The van der Waals surface area contributed by atoms with Gasteiger partial charge in [0.05, 0.1) is 33.0 Å². The average molecular weight is 571 g/mol. The van der Waals surface area contributed by atoms with Crippen molar-refractivity contribution in [3.8, 4) is 17.2 Å². The first-order valence-corrected chi connectivity index (χ1v) is 14.6. The van der Waals surface area contributed by atoms with Gasteiger partial charge in [0.2, 0.25) is 5.75 Å². The summed E-state index contributed by atoms with van der Waals surface area (Å²) >= 11 is 0. The maximum Gasteiger partial charge on any atom is 0.205 e. The number of hydrogen-bond acceptors (Lipinski definition) is 7. The van der Waals surface area contributed by atoms with Crippen molar-refractivity contribution in [3.05, 3.63) is 63.6 Å². The maximum atomic E-state index is 13.6. The summed E-state index contributed by atoms with van der Waals surface area (Å²) in [4.78, 5) is 13.6. The van der Waals surface area contributed by atoms with Crippen LogP contribution in [0.5, 0.6) is 17.2 Å². The predicted octanol–water partition coefficient (Wildman–Crippen LogP) is 7.61. The summed E-state index contributed by atoms with van der Waals surface area (Å²) in [5.74, 6) is 2.20. The highest BCUT2D eigenvalue weighted by atomic mass is 16.5. The van der Waals surface area contributed by atoms with Crippen LogP contribution in [0.2, 0.25) is 0 Å². The van der Waals surface area contributed by atoms with Crippen molar-refractivity contribution in [2.45, 2.75) is 79.4 Å². The van der Waals surface area contributed by atoms with Crippen molar-refractivity contribution >= 4 is 11.0 Å². The Kier molecular flexibility index (Phi) is 14.2. The lowest BCUT2D eigenvalue weighted by atomic mass is 9.85. The molecular weight excluding hydrogens is 520 g/mol. The lowest BCUT2D eigenvalue weighted by molar-refractivity contribution is -0.0343. The summed E-state index contributed by atoms with van der Waals surface area (Å²) in [6, 6.07) is 1.68. The Labute approximate surface area is 246 Å². The average Bonchev–Trinajstić information content (AvgIpc) is 2.98. The monoisotopic (exact) mass is 570 g/mol. The van der Waals surface area contributed by atoms with Crippen molar-refractivity contribution < 1.29 is 28.1 Å². The molecule has 0 radical (unpaired) electrons. The Morgan fingerprint density at radius 2 is 1.76 bits per heavy atom. The standard InChI is InChI=1S/C34H50O7/c1-11-13-20-40-33-29(38-9)21-28(37-8)30-31(35)24(5)27(41-34(30)33)19-18-23(4)32(39-10)25(6)26(36-7)17-15-14-16-22(3)12-2/h12,14-17,21,23,25-26,32H,11,13,18-20H2,1-10H3/b16-14+,17-15+,22-12+. The van der Waals surface area contributed by atoms with Crippen LogP contribution >= 0.6 is 0 Å². The summed E-state index contributed by atoms with van der Waals surface area (Å²) in [5, 5.41) is 0.367. The van der Waals surface area contributed by atoms with E-state index in [4.69, 9.17) is 28.1 Å². The zero-order valence-electron chi connectivity index (χ0n) is 26.7. The molecule has 4 atom stereocenters. The first kappa shape index (κ1) is 34.2. The molecule has 41 heavy (non-hydrogen) atoms. The fourth-order valence-corrected chi connectivity index (χ4v) is 5.05. The Bertz CT molecular complexity index is 1250. The van der Waals surface area contributed by atoms with Crippen LogP contribution in [0.4, 0.5) is 0 Å². The SMILES string of the molecule is C/C=C(C)/C=C/C=C/C(OC)C(C)C(OC)C(C)CCc1oc2c(OCCCC)c(OC)cc(OC)c2c(=O)c1C. The molecule has 0 aliphatic carbocycles. The summed E-state index contributed by atoms with van der Waals surface area (Å²) in [6.07, 6.45) is 13.2. The van der Waals surface area contributed by atoms with Crippen LogP contribution in [0.25, 0.3) is 11.0 Å². The number of hydrogen-bond donors (Lipinski definition) is 0. The Hall–Kier alpha value is -3.03. The third-order valence-electron chi connectivity index (χ3n) is 7.76. The van der Waals surface area contributed by atoms with E-state index >= 15 is 0 Å². The molecule has 2 rings (SSSR count). The molecule has 0 aliphatic rings. The molecule has 2 aromatic rings.